The lowest BCUT2D eigenvalue weighted by atomic mass is 9.87. The molecule has 0 unspecified atom stereocenters. The number of hydrogen-bond donors (Lipinski definition) is 3. The summed E-state index contributed by atoms with van der Waals surface area (Å²) >= 11 is 0. The van der Waals surface area contributed by atoms with Crippen molar-refractivity contribution in [2.24, 2.45) is 0 Å². The van der Waals surface area contributed by atoms with Crippen molar-refractivity contribution >= 4 is 17.8 Å². The number of nitrogens with one attached hydrogen (secondary N) is 2. The maximum Gasteiger partial charge on any atom is 0.303 e. The fourth-order valence-electron chi connectivity index (χ4n) is 2.08. The van der Waals surface area contributed by atoms with Crippen molar-refractivity contribution in [1.29, 1.82) is 0 Å². The van der Waals surface area contributed by atoms with Gasteiger partial charge in [0.25, 0.3) is 5.91 Å². The Bertz CT molecular complexity index is 574. The summed E-state index contributed by atoms with van der Waals surface area (Å²) in [5.74, 6) is -1.42. The maximum absolute atomic E-state index is 12.0. The summed E-state index contributed by atoms with van der Waals surface area (Å²) in [6.07, 6.45) is 1.21. The number of carboxylic acids is 1. The van der Waals surface area contributed by atoms with E-state index in [0.717, 1.165) is 5.56 Å². The molecule has 2 amide bonds. The van der Waals surface area contributed by atoms with Crippen molar-refractivity contribution in [3.63, 3.8) is 0 Å². The molecule has 24 heavy (non-hydrogen) atoms. The predicted molar refractivity (Wildman–Crippen MR) is 92.0 cm³/mol. The zero-order valence-corrected chi connectivity index (χ0v) is 14.5. The number of hydrogen-bond acceptors (Lipinski definition) is 3. The molecule has 0 saturated carbocycles. The molecule has 0 fully saturated rings. The number of benzene rings is 1. The number of carboxylic acid groups (broad SMARTS) is 1. The Morgan fingerprint density at radius 2 is 1.62 bits per heavy atom. The third kappa shape index (κ3) is 7.26. The number of rotatable bonds is 8. The first-order valence-electron chi connectivity index (χ1n) is 8.07. The molecule has 1 aromatic rings. The van der Waals surface area contributed by atoms with E-state index in [1.165, 1.54) is 0 Å². The second-order valence-corrected chi connectivity index (χ2v) is 6.71. The zero-order valence-electron chi connectivity index (χ0n) is 14.5. The topological polar surface area (TPSA) is 95.5 Å². The van der Waals surface area contributed by atoms with Crippen LogP contribution in [0.4, 0.5) is 0 Å². The molecule has 3 N–H and O–H groups in total. The SMILES string of the molecule is CC(C)(C)c1ccc(C(=O)NCC(=O)NCCCCC(=O)O)cc1. The number of aliphatic carboxylic acids is 1. The largest absolute Gasteiger partial charge is 0.481 e. The highest BCUT2D eigenvalue weighted by Gasteiger charge is 2.14. The Morgan fingerprint density at radius 3 is 2.17 bits per heavy atom. The van der Waals surface area contributed by atoms with E-state index in [-0.39, 0.29) is 30.2 Å². The van der Waals surface area contributed by atoms with Gasteiger partial charge in [-0.2, -0.15) is 0 Å². The van der Waals surface area contributed by atoms with E-state index in [1.54, 1.807) is 12.1 Å². The molecule has 0 heterocycles. The van der Waals surface area contributed by atoms with Crippen LogP contribution in [0.1, 0.15) is 56.0 Å². The van der Waals surface area contributed by atoms with Crippen LogP contribution in [0, 0.1) is 0 Å². The van der Waals surface area contributed by atoms with E-state index < -0.39 is 5.97 Å². The van der Waals surface area contributed by atoms with Gasteiger partial charge in [-0.05, 0) is 36.0 Å². The van der Waals surface area contributed by atoms with E-state index in [2.05, 4.69) is 31.4 Å². The van der Waals surface area contributed by atoms with Crippen molar-refractivity contribution < 1.29 is 19.5 Å². The molecule has 0 aromatic heterocycles. The maximum atomic E-state index is 12.0. The summed E-state index contributed by atoms with van der Waals surface area (Å²) in [7, 11) is 0. The van der Waals surface area contributed by atoms with Gasteiger partial charge >= 0.3 is 5.97 Å². The van der Waals surface area contributed by atoms with Gasteiger partial charge in [0.15, 0.2) is 0 Å². The van der Waals surface area contributed by atoms with Crippen LogP contribution in [0.2, 0.25) is 0 Å². The Balaban J connectivity index is 2.32. The van der Waals surface area contributed by atoms with Gasteiger partial charge in [0, 0.05) is 18.5 Å². The highest BCUT2D eigenvalue weighted by atomic mass is 16.4. The Morgan fingerprint density at radius 1 is 1.00 bits per heavy atom. The van der Waals surface area contributed by atoms with Crippen LogP contribution in [0.25, 0.3) is 0 Å². The zero-order chi connectivity index (χ0) is 18.2. The third-order valence-corrected chi connectivity index (χ3v) is 3.56. The van der Waals surface area contributed by atoms with Gasteiger partial charge in [0.1, 0.15) is 0 Å². The minimum absolute atomic E-state index is 0.0233. The van der Waals surface area contributed by atoms with Crippen LogP contribution in [0.15, 0.2) is 24.3 Å². The molecule has 0 radical (unpaired) electrons. The van der Waals surface area contributed by atoms with E-state index in [9.17, 15) is 14.4 Å². The minimum Gasteiger partial charge on any atom is -0.481 e. The van der Waals surface area contributed by atoms with Crippen molar-refractivity contribution in [3.05, 3.63) is 35.4 Å². The van der Waals surface area contributed by atoms with Crippen molar-refractivity contribution in [2.75, 3.05) is 13.1 Å². The summed E-state index contributed by atoms with van der Waals surface area (Å²) in [6, 6.07) is 7.33. The van der Waals surface area contributed by atoms with Crippen LogP contribution in [-0.2, 0) is 15.0 Å². The lowest BCUT2D eigenvalue weighted by molar-refractivity contribution is -0.137. The molecular weight excluding hydrogens is 308 g/mol. The van der Waals surface area contributed by atoms with Gasteiger partial charge in [-0.25, -0.2) is 0 Å². The smallest absolute Gasteiger partial charge is 0.303 e. The number of amides is 2. The second kappa shape index (κ2) is 9.05. The average Bonchev–Trinajstić information content (AvgIpc) is 2.51. The summed E-state index contributed by atoms with van der Waals surface area (Å²) in [4.78, 5) is 34.0. The lowest BCUT2D eigenvalue weighted by Gasteiger charge is -2.19. The number of carbonyl (C=O) groups is 3. The fourth-order valence-corrected chi connectivity index (χ4v) is 2.08. The quantitative estimate of drug-likeness (QED) is 0.634. The molecule has 0 bridgehead atoms. The van der Waals surface area contributed by atoms with Crippen LogP contribution in [0.3, 0.4) is 0 Å². The monoisotopic (exact) mass is 334 g/mol. The molecular formula is C18H26N2O4. The van der Waals surface area contributed by atoms with Crippen LogP contribution in [-0.4, -0.2) is 36.0 Å². The molecule has 0 atom stereocenters. The van der Waals surface area contributed by atoms with Gasteiger partial charge in [0.05, 0.1) is 6.54 Å². The fraction of sp³-hybridized carbons (Fsp3) is 0.500. The Hall–Kier alpha value is -2.37. The van der Waals surface area contributed by atoms with Crippen LogP contribution in [0.5, 0.6) is 0 Å². The Labute approximate surface area is 142 Å². The number of carbonyl (C=O) groups excluding carboxylic acids is 2. The molecule has 0 saturated heterocycles. The van der Waals surface area contributed by atoms with Gasteiger partial charge in [-0.3, -0.25) is 14.4 Å². The van der Waals surface area contributed by atoms with Crippen molar-refractivity contribution in [2.45, 2.75) is 45.4 Å². The highest BCUT2D eigenvalue weighted by Crippen LogP contribution is 2.22. The Kier molecular flexibility index (Phi) is 7.42. The molecule has 0 aliphatic heterocycles. The standard InChI is InChI=1S/C18H26N2O4/c1-18(2,3)14-9-7-13(8-10-14)17(24)20-12-15(21)19-11-5-4-6-16(22)23/h7-10H,4-6,11-12H2,1-3H3,(H,19,21)(H,20,24)(H,22,23). The highest BCUT2D eigenvalue weighted by molar-refractivity contribution is 5.96. The first kappa shape index (κ1) is 19.7. The predicted octanol–water partition coefficient (Wildman–Crippen LogP) is 2.08. The molecule has 6 heteroatoms. The summed E-state index contributed by atoms with van der Waals surface area (Å²) in [5.41, 5.74) is 1.67. The van der Waals surface area contributed by atoms with E-state index in [0.29, 0.717) is 24.9 Å². The normalized spacial score (nSPS) is 11.0. The average molecular weight is 334 g/mol. The molecule has 132 valence electrons. The summed E-state index contributed by atoms with van der Waals surface area (Å²) < 4.78 is 0. The second-order valence-electron chi connectivity index (χ2n) is 6.71. The van der Waals surface area contributed by atoms with E-state index in [4.69, 9.17) is 5.11 Å². The molecule has 1 rings (SSSR count). The van der Waals surface area contributed by atoms with Crippen LogP contribution >= 0.6 is 0 Å². The van der Waals surface area contributed by atoms with Crippen molar-refractivity contribution in [3.8, 4) is 0 Å². The van der Waals surface area contributed by atoms with Gasteiger partial charge in [0.2, 0.25) is 5.91 Å². The molecule has 1 aromatic carbocycles. The molecule has 0 aliphatic rings. The lowest BCUT2D eigenvalue weighted by Crippen LogP contribution is -2.37. The summed E-state index contributed by atoms with van der Waals surface area (Å²) in [6.45, 7) is 6.61. The molecule has 0 spiro atoms. The third-order valence-electron chi connectivity index (χ3n) is 3.56. The first-order valence-corrected chi connectivity index (χ1v) is 8.07. The van der Waals surface area contributed by atoms with E-state index >= 15 is 0 Å². The van der Waals surface area contributed by atoms with Gasteiger partial charge in [-0.1, -0.05) is 32.9 Å². The van der Waals surface area contributed by atoms with Crippen LogP contribution < -0.4 is 10.6 Å². The van der Waals surface area contributed by atoms with Gasteiger partial charge < -0.3 is 15.7 Å². The first-order chi connectivity index (χ1) is 11.2. The van der Waals surface area contributed by atoms with Crippen molar-refractivity contribution in [1.82, 2.24) is 10.6 Å². The number of unbranched alkanes of at least 4 members (excludes halogenated alkanes) is 1. The summed E-state index contributed by atoms with van der Waals surface area (Å²) in [5, 5.41) is 13.7. The molecule has 0 aliphatic carbocycles. The molecule has 6 nitrogen and oxygen atoms in total. The van der Waals surface area contributed by atoms with E-state index in [1.807, 2.05) is 12.1 Å². The minimum atomic E-state index is -0.842. The van der Waals surface area contributed by atoms with Gasteiger partial charge in [-0.15, -0.1) is 0 Å².